The van der Waals surface area contributed by atoms with Crippen LogP contribution in [0.15, 0.2) is 24.3 Å². The molecule has 1 nitrogen and oxygen atoms in total. The Bertz CT molecular complexity index is 679. The monoisotopic (exact) mass is 280 g/mol. The van der Waals surface area contributed by atoms with Crippen molar-refractivity contribution in [3.8, 4) is 0 Å². The largest absolute Gasteiger partial charge is 0.289 e. The summed E-state index contributed by atoms with van der Waals surface area (Å²) in [6.07, 6.45) is 0.879. The second-order valence-corrected chi connectivity index (χ2v) is 5.84. The molecule has 2 rings (SSSR count). The van der Waals surface area contributed by atoms with Crippen molar-refractivity contribution < 1.29 is 4.79 Å². The fourth-order valence-corrected chi connectivity index (χ4v) is 3.03. The predicted octanol–water partition coefficient (Wildman–Crippen LogP) is 5.02. The van der Waals surface area contributed by atoms with Crippen molar-refractivity contribution >= 4 is 5.78 Å². The molecule has 0 aliphatic heterocycles. The molecule has 0 fully saturated rings. The quantitative estimate of drug-likeness (QED) is 0.721. The third-order valence-electron chi connectivity index (χ3n) is 4.87. The number of carbonyl (C=O) groups is 1. The molecule has 0 radical (unpaired) electrons. The summed E-state index contributed by atoms with van der Waals surface area (Å²) < 4.78 is 0. The van der Waals surface area contributed by atoms with Gasteiger partial charge in [0.25, 0.3) is 0 Å². The zero-order chi connectivity index (χ0) is 15.7. The summed E-state index contributed by atoms with van der Waals surface area (Å²) in [5, 5.41) is 0. The Balaban J connectivity index is 2.70. The first kappa shape index (κ1) is 15.5. The van der Waals surface area contributed by atoms with Gasteiger partial charge in [-0.1, -0.05) is 31.2 Å². The second kappa shape index (κ2) is 5.85. The second-order valence-electron chi connectivity index (χ2n) is 5.84. The maximum Gasteiger partial charge on any atom is 0.193 e. The van der Waals surface area contributed by atoms with E-state index in [-0.39, 0.29) is 5.78 Å². The molecule has 1 heteroatoms. The lowest BCUT2D eigenvalue weighted by Crippen LogP contribution is -2.12. The first-order valence-corrected chi connectivity index (χ1v) is 7.59. The molecule has 0 amide bonds. The van der Waals surface area contributed by atoms with Gasteiger partial charge in [-0.05, 0) is 74.4 Å². The molecule has 0 heterocycles. The fourth-order valence-electron chi connectivity index (χ4n) is 3.03. The van der Waals surface area contributed by atoms with E-state index in [1.54, 1.807) is 0 Å². The molecule has 21 heavy (non-hydrogen) atoms. The molecule has 2 aromatic rings. The molecular weight excluding hydrogens is 256 g/mol. The van der Waals surface area contributed by atoms with Gasteiger partial charge in [-0.3, -0.25) is 4.79 Å². The minimum Gasteiger partial charge on any atom is -0.289 e. The highest BCUT2D eigenvalue weighted by molar-refractivity contribution is 6.12. The predicted molar refractivity (Wildman–Crippen MR) is 89.4 cm³/mol. The van der Waals surface area contributed by atoms with E-state index in [2.05, 4.69) is 41.5 Å². The summed E-state index contributed by atoms with van der Waals surface area (Å²) in [7, 11) is 0. The molecule has 110 valence electrons. The summed E-state index contributed by atoms with van der Waals surface area (Å²) in [4.78, 5) is 13.1. The molecule has 0 aromatic heterocycles. The van der Waals surface area contributed by atoms with Gasteiger partial charge in [0.2, 0.25) is 0 Å². The van der Waals surface area contributed by atoms with E-state index in [9.17, 15) is 4.79 Å². The molecule has 0 unspecified atom stereocenters. The molecule has 0 N–H and O–H groups in total. The molecule has 2 aromatic carbocycles. The highest BCUT2D eigenvalue weighted by Gasteiger charge is 2.20. The van der Waals surface area contributed by atoms with Crippen LogP contribution in [0.25, 0.3) is 0 Å². The van der Waals surface area contributed by atoms with Crippen LogP contribution in [0, 0.1) is 34.6 Å². The summed E-state index contributed by atoms with van der Waals surface area (Å²) in [6, 6.07) is 7.95. The van der Waals surface area contributed by atoms with Gasteiger partial charge in [0.05, 0.1) is 0 Å². The van der Waals surface area contributed by atoms with Crippen LogP contribution in [0.5, 0.6) is 0 Å². The zero-order valence-electron chi connectivity index (χ0n) is 13.9. The van der Waals surface area contributed by atoms with Gasteiger partial charge < -0.3 is 0 Å². The van der Waals surface area contributed by atoms with Gasteiger partial charge in [-0.2, -0.15) is 0 Å². The van der Waals surface area contributed by atoms with Crippen LogP contribution < -0.4 is 0 Å². The number of rotatable bonds is 3. The highest BCUT2D eigenvalue weighted by atomic mass is 16.1. The molecule has 0 saturated carbocycles. The number of carbonyl (C=O) groups excluding carboxylic acids is 1. The van der Waals surface area contributed by atoms with Crippen LogP contribution in [0.3, 0.4) is 0 Å². The lowest BCUT2D eigenvalue weighted by atomic mass is 9.85. The standard InChI is InChI=1S/C20H24O/c1-7-17-10-8-9-11-18(17)20(21)19-15(5)13(3)12(2)14(4)16(19)6/h8-11H,7H2,1-6H3. The molecular formula is C20H24O. The highest BCUT2D eigenvalue weighted by Crippen LogP contribution is 2.28. The van der Waals surface area contributed by atoms with Crippen molar-refractivity contribution in [2.45, 2.75) is 48.0 Å². The number of ketones is 1. The first-order valence-electron chi connectivity index (χ1n) is 7.59. The average Bonchev–Trinajstić information content (AvgIpc) is 2.51. The molecule has 0 aliphatic carbocycles. The fraction of sp³-hybridized carbons (Fsp3) is 0.350. The molecule has 0 bridgehead atoms. The van der Waals surface area contributed by atoms with Crippen LogP contribution in [-0.2, 0) is 6.42 Å². The normalized spacial score (nSPS) is 10.8. The number of hydrogen-bond acceptors (Lipinski definition) is 1. The summed E-state index contributed by atoms with van der Waals surface area (Å²) in [5.41, 5.74) is 8.84. The Morgan fingerprint density at radius 3 is 1.81 bits per heavy atom. The summed E-state index contributed by atoms with van der Waals surface area (Å²) in [6.45, 7) is 12.6. The molecule has 0 aliphatic rings. The maximum atomic E-state index is 13.1. The van der Waals surface area contributed by atoms with Gasteiger partial charge in [0.1, 0.15) is 0 Å². The van der Waals surface area contributed by atoms with E-state index < -0.39 is 0 Å². The van der Waals surface area contributed by atoms with Crippen LogP contribution in [0.4, 0.5) is 0 Å². The van der Waals surface area contributed by atoms with Crippen molar-refractivity contribution in [1.82, 2.24) is 0 Å². The first-order chi connectivity index (χ1) is 9.90. The van der Waals surface area contributed by atoms with E-state index in [0.717, 1.165) is 34.2 Å². The maximum absolute atomic E-state index is 13.1. The Kier molecular flexibility index (Phi) is 4.32. The van der Waals surface area contributed by atoms with Gasteiger partial charge in [-0.15, -0.1) is 0 Å². The Labute approximate surface area is 128 Å². The number of hydrogen-bond donors (Lipinski definition) is 0. The van der Waals surface area contributed by atoms with E-state index in [1.165, 1.54) is 16.7 Å². The van der Waals surface area contributed by atoms with Crippen molar-refractivity contribution in [2.75, 3.05) is 0 Å². The van der Waals surface area contributed by atoms with Gasteiger partial charge in [0.15, 0.2) is 5.78 Å². The van der Waals surface area contributed by atoms with E-state index >= 15 is 0 Å². The number of benzene rings is 2. The van der Waals surface area contributed by atoms with E-state index in [1.807, 2.05) is 24.3 Å². The molecule has 0 atom stereocenters. The summed E-state index contributed by atoms with van der Waals surface area (Å²) >= 11 is 0. The van der Waals surface area contributed by atoms with Gasteiger partial charge in [0, 0.05) is 11.1 Å². The van der Waals surface area contributed by atoms with Gasteiger partial charge >= 0.3 is 0 Å². The Morgan fingerprint density at radius 1 is 0.810 bits per heavy atom. The zero-order valence-corrected chi connectivity index (χ0v) is 13.9. The lowest BCUT2D eigenvalue weighted by Gasteiger charge is -2.18. The minimum absolute atomic E-state index is 0.161. The lowest BCUT2D eigenvalue weighted by molar-refractivity contribution is 0.103. The van der Waals surface area contributed by atoms with E-state index in [0.29, 0.717) is 0 Å². The van der Waals surface area contributed by atoms with Crippen LogP contribution in [0.2, 0.25) is 0 Å². The Hall–Kier alpha value is -1.89. The van der Waals surface area contributed by atoms with Gasteiger partial charge in [-0.25, -0.2) is 0 Å². The van der Waals surface area contributed by atoms with Crippen molar-refractivity contribution in [3.63, 3.8) is 0 Å². The van der Waals surface area contributed by atoms with Crippen LogP contribution >= 0.6 is 0 Å². The smallest absolute Gasteiger partial charge is 0.193 e. The molecule has 0 spiro atoms. The third kappa shape index (κ3) is 2.53. The van der Waals surface area contributed by atoms with Crippen LogP contribution in [0.1, 0.15) is 56.2 Å². The van der Waals surface area contributed by atoms with Crippen LogP contribution in [-0.4, -0.2) is 5.78 Å². The average molecular weight is 280 g/mol. The van der Waals surface area contributed by atoms with E-state index in [4.69, 9.17) is 0 Å². The SMILES string of the molecule is CCc1ccccc1C(=O)c1c(C)c(C)c(C)c(C)c1C. The topological polar surface area (TPSA) is 17.1 Å². The minimum atomic E-state index is 0.161. The van der Waals surface area contributed by atoms with Crippen molar-refractivity contribution in [1.29, 1.82) is 0 Å². The third-order valence-corrected chi connectivity index (χ3v) is 4.87. The van der Waals surface area contributed by atoms with Crippen molar-refractivity contribution in [3.05, 3.63) is 68.8 Å². The Morgan fingerprint density at radius 2 is 1.29 bits per heavy atom. The number of aryl methyl sites for hydroxylation is 1. The van der Waals surface area contributed by atoms with Crippen molar-refractivity contribution in [2.24, 2.45) is 0 Å². The molecule has 0 saturated heterocycles. The summed E-state index contributed by atoms with van der Waals surface area (Å²) in [5.74, 6) is 0.161.